The molecule has 216 valence electrons. The van der Waals surface area contributed by atoms with Crippen molar-refractivity contribution in [3.8, 4) is 0 Å². The van der Waals surface area contributed by atoms with Gasteiger partial charge in [0.05, 0.1) is 11.5 Å². The molecule has 3 amide bonds. The predicted molar refractivity (Wildman–Crippen MR) is 159 cm³/mol. The van der Waals surface area contributed by atoms with Crippen molar-refractivity contribution < 1.29 is 14.4 Å². The van der Waals surface area contributed by atoms with Crippen molar-refractivity contribution in [1.82, 2.24) is 20.1 Å². The number of piperidine rings is 1. The van der Waals surface area contributed by atoms with Crippen molar-refractivity contribution in [1.29, 1.82) is 0 Å². The van der Waals surface area contributed by atoms with Gasteiger partial charge in [0, 0.05) is 54.1 Å². The predicted octanol–water partition coefficient (Wildman–Crippen LogP) is 5.45. The number of hydrogen-bond donors (Lipinski definition) is 2. The minimum absolute atomic E-state index is 0.0124. The number of rotatable bonds is 8. The highest BCUT2D eigenvalue weighted by molar-refractivity contribution is 5.93. The summed E-state index contributed by atoms with van der Waals surface area (Å²) in [6.45, 7) is 11.4. The Bertz CT molecular complexity index is 1300. The van der Waals surface area contributed by atoms with Crippen LogP contribution in [-0.4, -0.2) is 57.7 Å². The zero-order chi connectivity index (χ0) is 28.6. The summed E-state index contributed by atoms with van der Waals surface area (Å²) in [5.41, 5.74) is 3.83. The first-order chi connectivity index (χ1) is 19.1. The van der Waals surface area contributed by atoms with Crippen LogP contribution in [0.25, 0.3) is 10.9 Å². The fourth-order valence-electron chi connectivity index (χ4n) is 7.61. The number of nitrogens with one attached hydrogen (secondary N) is 2. The molecule has 5 rings (SSSR count). The normalized spacial score (nSPS) is 24.6. The highest BCUT2D eigenvalue weighted by Gasteiger charge is 2.57. The molecule has 3 aliphatic rings. The zero-order valence-electron chi connectivity index (χ0n) is 24.9. The third-order valence-corrected chi connectivity index (χ3v) is 9.53. The zero-order valence-corrected chi connectivity index (χ0v) is 24.9. The fraction of sp³-hybridized carbons (Fsp3) is 0.606. The fourth-order valence-corrected chi connectivity index (χ4v) is 7.61. The molecule has 3 heterocycles. The van der Waals surface area contributed by atoms with E-state index in [1.807, 2.05) is 49.6 Å². The number of aromatic nitrogens is 1. The molecule has 1 fully saturated rings. The number of nitrogens with zero attached hydrogens (tertiary/aromatic N) is 2. The molecule has 0 radical (unpaired) electrons. The lowest BCUT2D eigenvalue weighted by molar-refractivity contribution is -0.166. The first-order valence-corrected chi connectivity index (χ1v) is 15.3. The molecule has 0 spiro atoms. The van der Waals surface area contributed by atoms with Gasteiger partial charge in [-0.25, -0.2) is 0 Å². The van der Waals surface area contributed by atoms with Crippen LogP contribution in [-0.2, 0) is 26.3 Å². The maximum absolute atomic E-state index is 14.4. The number of carbonyl (C=O) groups is 3. The number of amides is 3. The molecule has 2 N–H and O–H groups in total. The van der Waals surface area contributed by atoms with Crippen LogP contribution in [0.3, 0.4) is 0 Å². The summed E-state index contributed by atoms with van der Waals surface area (Å²) < 4.78 is 0. The van der Waals surface area contributed by atoms with Crippen LogP contribution < -0.4 is 5.32 Å². The summed E-state index contributed by atoms with van der Waals surface area (Å²) in [6.07, 6.45) is 9.12. The van der Waals surface area contributed by atoms with Crippen molar-refractivity contribution in [3.63, 3.8) is 0 Å². The monoisotopic (exact) mass is 546 g/mol. The van der Waals surface area contributed by atoms with Gasteiger partial charge >= 0.3 is 0 Å². The van der Waals surface area contributed by atoms with Gasteiger partial charge in [-0.3, -0.25) is 14.4 Å². The topological polar surface area (TPSA) is 85.5 Å². The Balaban J connectivity index is 1.44. The average Bonchev–Trinajstić information content (AvgIpc) is 3.30. The highest BCUT2D eigenvalue weighted by atomic mass is 16.2. The van der Waals surface area contributed by atoms with Gasteiger partial charge in [-0.1, -0.05) is 29.8 Å². The smallest absolute Gasteiger partial charge is 0.228 e. The van der Waals surface area contributed by atoms with Gasteiger partial charge in [-0.2, -0.15) is 0 Å². The van der Waals surface area contributed by atoms with Gasteiger partial charge in [-0.15, -0.1) is 0 Å². The second kappa shape index (κ2) is 11.4. The minimum atomic E-state index is -0.802. The number of fused-ring (bicyclic) bond motifs is 5. The lowest BCUT2D eigenvalue weighted by atomic mass is 9.67. The number of carbonyl (C=O) groups excluding carboxylic acids is 3. The molecule has 1 aromatic carbocycles. The summed E-state index contributed by atoms with van der Waals surface area (Å²) in [5, 5.41) is 4.23. The Hall–Kier alpha value is -3.09. The van der Waals surface area contributed by atoms with Crippen LogP contribution in [0.4, 0.5) is 0 Å². The summed E-state index contributed by atoms with van der Waals surface area (Å²) in [4.78, 5) is 49.0. The Kier molecular flexibility index (Phi) is 8.12. The molecule has 1 unspecified atom stereocenters. The molecular formula is C33H46N4O3. The molecule has 7 nitrogen and oxygen atoms in total. The van der Waals surface area contributed by atoms with E-state index in [1.165, 1.54) is 24.0 Å². The van der Waals surface area contributed by atoms with Crippen LogP contribution in [0, 0.1) is 11.8 Å². The van der Waals surface area contributed by atoms with Crippen molar-refractivity contribution in [2.24, 2.45) is 11.8 Å². The SMILES string of the molecule is CC(C)N(C(=O)[C@H]1CC(CC(=O)NCCC2=CCCCC2)C(=O)N2CCc3c([nH]c4ccccc34)[C@]12C)C(C)C. The van der Waals surface area contributed by atoms with Crippen LogP contribution in [0.15, 0.2) is 35.9 Å². The molecule has 40 heavy (non-hydrogen) atoms. The molecular weight excluding hydrogens is 500 g/mol. The summed E-state index contributed by atoms with van der Waals surface area (Å²) in [7, 11) is 0. The van der Waals surface area contributed by atoms with E-state index in [0.717, 1.165) is 42.3 Å². The molecule has 3 atom stereocenters. The van der Waals surface area contributed by atoms with E-state index < -0.39 is 17.4 Å². The van der Waals surface area contributed by atoms with Crippen LogP contribution in [0.2, 0.25) is 0 Å². The van der Waals surface area contributed by atoms with Crippen molar-refractivity contribution >= 4 is 28.6 Å². The van der Waals surface area contributed by atoms with Crippen molar-refractivity contribution in [3.05, 3.63) is 47.2 Å². The molecule has 7 heteroatoms. The van der Waals surface area contributed by atoms with Crippen LogP contribution in [0.1, 0.15) is 90.8 Å². The molecule has 1 saturated heterocycles. The minimum Gasteiger partial charge on any atom is -0.356 e. The lowest BCUT2D eigenvalue weighted by Crippen LogP contribution is -2.65. The first-order valence-electron chi connectivity index (χ1n) is 15.3. The highest BCUT2D eigenvalue weighted by Crippen LogP contribution is 2.50. The maximum Gasteiger partial charge on any atom is 0.228 e. The van der Waals surface area contributed by atoms with Gasteiger partial charge in [0.1, 0.15) is 0 Å². The lowest BCUT2D eigenvalue weighted by Gasteiger charge is -2.54. The van der Waals surface area contributed by atoms with Gasteiger partial charge in [0.15, 0.2) is 0 Å². The standard InChI is InChI=1S/C33H46N4O3/c1-21(2)37(22(3)4)32(40)27-19-24(20-29(38)34-17-15-23-11-7-6-8-12-23)31(39)36-18-16-26-25-13-9-10-14-28(25)35-30(26)33(27,36)5/h9-11,13-14,21-22,24,27,35H,6-8,12,15-20H2,1-5H3,(H,34,38)/t24?,27-,33+/m1/s1. The van der Waals surface area contributed by atoms with Crippen molar-refractivity contribution in [2.75, 3.05) is 13.1 Å². The summed E-state index contributed by atoms with van der Waals surface area (Å²) in [6, 6.07) is 8.30. The van der Waals surface area contributed by atoms with Crippen LogP contribution in [0.5, 0.6) is 0 Å². The quantitative estimate of drug-likeness (QED) is 0.432. The van der Waals surface area contributed by atoms with E-state index in [9.17, 15) is 14.4 Å². The molecule has 2 aromatic rings. The average molecular weight is 547 g/mol. The third-order valence-electron chi connectivity index (χ3n) is 9.53. The number of para-hydroxylation sites is 1. The molecule has 1 aliphatic carbocycles. The summed E-state index contributed by atoms with van der Waals surface area (Å²) in [5.74, 6) is -1.01. The van der Waals surface area contributed by atoms with Gasteiger partial charge in [0.2, 0.25) is 17.7 Å². The third kappa shape index (κ3) is 5.08. The largest absolute Gasteiger partial charge is 0.356 e. The van der Waals surface area contributed by atoms with Gasteiger partial charge in [-0.05, 0) is 91.2 Å². The van der Waals surface area contributed by atoms with E-state index in [1.54, 1.807) is 0 Å². The van der Waals surface area contributed by atoms with E-state index in [-0.39, 0.29) is 36.2 Å². The molecule has 2 aliphatic heterocycles. The number of aromatic amines is 1. The van der Waals surface area contributed by atoms with E-state index in [2.05, 4.69) is 35.4 Å². The number of hydrogen-bond acceptors (Lipinski definition) is 3. The van der Waals surface area contributed by atoms with Crippen molar-refractivity contribution in [2.45, 2.75) is 104 Å². The van der Waals surface area contributed by atoms with Gasteiger partial charge in [0.25, 0.3) is 0 Å². The number of H-pyrrole nitrogens is 1. The molecule has 0 bridgehead atoms. The molecule has 1 aromatic heterocycles. The van der Waals surface area contributed by atoms with E-state index in [0.29, 0.717) is 19.5 Å². The summed E-state index contributed by atoms with van der Waals surface area (Å²) >= 11 is 0. The van der Waals surface area contributed by atoms with E-state index in [4.69, 9.17) is 0 Å². The Morgan fingerprint density at radius 3 is 2.58 bits per heavy atom. The number of allylic oxidation sites excluding steroid dienone is 1. The molecule has 0 saturated carbocycles. The van der Waals surface area contributed by atoms with E-state index >= 15 is 0 Å². The van der Waals surface area contributed by atoms with Crippen LogP contribution >= 0.6 is 0 Å². The second-order valence-electron chi connectivity index (χ2n) is 12.7. The number of benzene rings is 1. The maximum atomic E-state index is 14.4. The Morgan fingerprint density at radius 2 is 1.88 bits per heavy atom. The first kappa shape index (κ1) is 28.4. The Labute approximate surface area is 238 Å². The van der Waals surface area contributed by atoms with Gasteiger partial charge < -0.3 is 20.1 Å². The Morgan fingerprint density at radius 1 is 1.12 bits per heavy atom. The second-order valence-corrected chi connectivity index (χ2v) is 12.7.